The van der Waals surface area contributed by atoms with Gasteiger partial charge in [-0.15, -0.1) is 0 Å². The minimum atomic E-state index is -0.787. The van der Waals surface area contributed by atoms with Crippen LogP contribution < -0.4 is 0 Å². The van der Waals surface area contributed by atoms with Crippen LogP contribution in [0.2, 0.25) is 5.02 Å². The Hall–Kier alpha value is -1.35. The first-order valence-electron chi connectivity index (χ1n) is 4.97. The highest BCUT2D eigenvalue weighted by atomic mass is 35.5. The summed E-state index contributed by atoms with van der Waals surface area (Å²) in [5.74, 6) is -1.33. The fraction of sp³-hybridized carbons (Fsp3) is 0.333. The number of Topliss-reactive ketones (excluding diaryl/α,β-unsaturated/α-hetero) is 1. The molecule has 0 N–H and O–H groups in total. The Kier molecular flexibility index (Phi) is 4.50. The highest BCUT2D eigenvalue weighted by Crippen LogP contribution is 2.10. The SMILES string of the molecule is CC(C)OC(=O)C(=O)Cc1ccc(Cl)cc1. The van der Waals surface area contributed by atoms with Gasteiger partial charge in [-0.3, -0.25) is 4.79 Å². The Morgan fingerprint density at radius 3 is 2.31 bits per heavy atom. The summed E-state index contributed by atoms with van der Waals surface area (Å²) in [6.45, 7) is 3.40. The lowest BCUT2D eigenvalue weighted by atomic mass is 10.1. The third-order valence-corrected chi connectivity index (χ3v) is 2.10. The monoisotopic (exact) mass is 240 g/mol. The summed E-state index contributed by atoms with van der Waals surface area (Å²) < 4.78 is 4.79. The van der Waals surface area contributed by atoms with Gasteiger partial charge in [0.1, 0.15) is 0 Å². The van der Waals surface area contributed by atoms with E-state index >= 15 is 0 Å². The molecule has 16 heavy (non-hydrogen) atoms. The summed E-state index contributed by atoms with van der Waals surface area (Å²) >= 11 is 5.70. The van der Waals surface area contributed by atoms with E-state index in [9.17, 15) is 9.59 Å². The molecule has 0 aromatic heterocycles. The average molecular weight is 241 g/mol. The number of rotatable bonds is 4. The van der Waals surface area contributed by atoms with Crippen molar-refractivity contribution in [3.8, 4) is 0 Å². The van der Waals surface area contributed by atoms with Crippen LogP contribution >= 0.6 is 11.6 Å². The van der Waals surface area contributed by atoms with Crippen LogP contribution in [0, 0.1) is 0 Å². The van der Waals surface area contributed by atoms with E-state index in [1.807, 2.05) is 0 Å². The van der Waals surface area contributed by atoms with Crippen molar-refractivity contribution in [2.75, 3.05) is 0 Å². The molecule has 1 aromatic rings. The fourth-order valence-corrected chi connectivity index (χ4v) is 1.27. The first-order valence-corrected chi connectivity index (χ1v) is 5.35. The van der Waals surface area contributed by atoms with Crippen molar-refractivity contribution in [1.29, 1.82) is 0 Å². The van der Waals surface area contributed by atoms with E-state index in [-0.39, 0.29) is 12.5 Å². The lowest BCUT2D eigenvalue weighted by Crippen LogP contribution is -2.22. The first-order chi connectivity index (χ1) is 7.49. The van der Waals surface area contributed by atoms with Crippen LogP contribution in [0.3, 0.4) is 0 Å². The van der Waals surface area contributed by atoms with Gasteiger partial charge in [-0.1, -0.05) is 23.7 Å². The molecule has 0 unspecified atom stereocenters. The normalized spacial score (nSPS) is 10.2. The summed E-state index contributed by atoms with van der Waals surface area (Å²) in [5.41, 5.74) is 0.745. The van der Waals surface area contributed by atoms with E-state index in [1.165, 1.54) is 0 Å². The van der Waals surface area contributed by atoms with Crippen molar-refractivity contribution in [1.82, 2.24) is 0 Å². The first kappa shape index (κ1) is 12.7. The number of esters is 1. The summed E-state index contributed by atoms with van der Waals surface area (Å²) in [6.07, 6.45) is -0.232. The molecule has 0 aliphatic rings. The van der Waals surface area contributed by atoms with Crippen LogP contribution in [-0.4, -0.2) is 17.9 Å². The van der Waals surface area contributed by atoms with Gasteiger partial charge in [0.25, 0.3) is 0 Å². The molecule has 0 spiro atoms. The van der Waals surface area contributed by atoms with Crippen molar-refractivity contribution in [2.45, 2.75) is 26.4 Å². The number of halogens is 1. The van der Waals surface area contributed by atoms with E-state index in [1.54, 1.807) is 38.1 Å². The molecule has 0 amide bonds. The molecule has 0 bridgehead atoms. The van der Waals surface area contributed by atoms with Crippen molar-refractivity contribution >= 4 is 23.4 Å². The molecule has 0 saturated carbocycles. The predicted molar refractivity (Wildman–Crippen MR) is 61.4 cm³/mol. The lowest BCUT2D eigenvalue weighted by molar-refractivity contribution is -0.156. The molecule has 0 atom stereocenters. The summed E-state index contributed by atoms with van der Waals surface area (Å²) in [4.78, 5) is 22.7. The highest BCUT2D eigenvalue weighted by Gasteiger charge is 2.16. The second kappa shape index (κ2) is 5.66. The lowest BCUT2D eigenvalue weighted by Gasteiger charge is -2.06. The molecule has 86 valence electrons. The fourth-order valence-electron chi connectivity index (χ4n) is 1.14. The van der Waals surface area contributed by atoms with Crippen molar-refractivity contribution < 1.29 is 14.3 Å². The Labute approximate surface area is 99.4 Å². The van der Waals surface area contributed by atoms with Crippen LogP contribution in [-0.2, 0) is 20.7 Å². The van der Waals surface area contributed by atoms with Crippen molar-refractivity contribution in [3.05, 3.63) is 34.9 Å². The maximum atomic E-state index is 11.4. The molecule has 3 nitrogen and oxygen atoms in total. The topological polar surface area (TPSA) is 43.4 Å². The number of ether oxygens (including phenoxy) is 1. The Bertz CT molecular complexity index is 382. The molecule has 0 heterocycles. The zero-order chi connectivity index (χ0) is 12.1. The van der Waals surface area contributed by atoms with Gasteiger partial charge in [0.15, 0.2) is 0 Å². The van der Waals surface area contributed by atoms with Crippen LogP contribution in [0.5, 0.6) is 0 Å². The smallest absolute Gasteiger partial charge is 0.375 e. The summed E-state index contributed by atoms with van der Waals surface area (Å²) in [5, 5.41) is 0.598. The molecule has 0 radical (unpaired) electrons. The van der Waals surface area contributed by atoms with Gasteiger partial charge in [-0.05, 0) is 31.5 Å². The van der Waals surface area contributed by atoms with Crippen LogP contribution in [0.15, 0.2) is 24.3 Å². The average Bonchev–Trinajstić information content (AvgIpc) is 2.20. The van der Waals surface area contributed by atoms with Crippen molar-refractivity contribution in [3.63, 3.8) is 0 Å². The minimum absolute atomic E-state index is 0.0444. The molecule has 4 heteroatoms. The standard InChI is InChI=1S/C12H13ClO3/c1-8(2)16-12(15)11(14)7-9-3-5-10(13)6-4-9/h3-6,8H,7H2,1-2H3. The molecule has 0 aliphatic heterocycles. The number of ketones is 1. The van der Waals surface area contributed by atoms with E-state index < -0.39 is 11.8 Å². The van der Waals surface area contributed by atoms with Gasteiger partial charge in [-0.2, -0.15) is 0 Å². The van der Waals surface area contributed by atoms with E-state index in [0.29, 0.717) is 5.02 Å². The molecule has 0 fully saturated rings. The molecular formula is C12H13ClO3. The number of hydrogen-bond donors (Lipinski definition) is 0. The number of carbonyl (C=O) groups excluding carboxylic acids is 2. The van der Waals surface area contributed by atoms with E-state index in [4.69, 9.17) is 16.3 Å². The highest BCUT2D eigenvalue weighted by molar-refractivity contribution is 6.34. The molecule has 1 aromatic carbocycles. The molecule has 1 rings (SSSR count). The Morgan fingerprint density at radius 2 is 1.81 bits per heavy atom. The molecule has 0 aliphatic carbocycles. The Morgan fingerprint density at radius 1 is 1.25 bits per heavy atom. The Balaban J connectivity index is 2.57. The van der Waals surface area contributed by atoms with Crippen LogP contribution in [0.25, 0.3) is 0 Å². The molecular weight excluding hydrogens is 228 g/mol. The van der Waals surface area contributed by atoms with Gasteiger partial charge in [0.2, 0.25) is 5.78 Å². The summed E-state index contributed by atoms with van der Waals surface area (Å²) in [6, 6.07) is 6.78. The van der Waals surface area contributed by atoms with E-state index in [0.717, 1.165) is 5.56 Å². The number of carbonyl (C=O) groups is 2. The third-order valence-electron chi connectivity index (χ3n) is 1.85. The van der Waals surface area contributed by atoms with E-state index in [2.05, 4.69) is 0 Å². The number of benzene rings is 1. The second-order valence-electron chi connectivity index (χ2n) is 3.68. The number of hydrogen-bond acceptors (Lipinski definition) is 3. The largest absolute Gasteiger partial charge is 0.457 e. The van der Waals surface area contributed by atoms with Crippen molar-refractivity contribution in [2.24, 2.45) is 0 Å². The van der Waals surface area contributed by atoms with Gasteiger partial charge in [-0.25, -0.2) is 4.79 Å². The van der Waals surface area contributed by atoms with Gasteiger partial charge in [0.05, 0.1) is 6.10 Å². The second-order valence-corrected chi connectivity index (χ2v) is 4.12. The van der Waals surface area contributed by atoms with Crippen LogP contribution in [0.4, 0.5) is 0 Å². The van der Waals surface area contributed by atoms with Gasteiger partial charge < -0.3 is 4.74 Å². The van der Waals surface area contributed by atoms with Gasteiger partial charge >= 0.3 is 5.97 Å². The maximum absolute atomic E-state index is 11.4. The summed E-state index contributed by atoms with van der Waals surface area (Å²) in [7, 11) is 0. The minimum Gasteiger partial charge on any atom is -0.457 e. The maximum Gasteiger partial charge on any atom is 0.375 e. The molecule has 0 saturated heterocycles. The third kappa shape index (κ3) is 4.03. The zero-order valence-corrected chi connectivity index (χ0v) is 9.95. The van der Waals surface area contributed by atoms with Crippen LogP contribution in [0.1, 0.15) is 19.4 Å². The quantitative estimate of drug-likeness (QED) is 0.600. The zero-order valence-electron chi connectivity index (χ0n) is 9.20. The predicted octanol–water partition coefficient (Wildman–Crippen LogP) is 2.40. The van der Waals surface area contributed by atoms with Gasteiger partial charge in [0, 0.05) is 11.4 Å².